The molecule has 0 heterocycles. The van der Waals surface area contributed by atoms with Crippen molar-refractivity contribution in [2.45, 2.75) is 26.4 Å². The molecule has 0 atom stereocenters. The number of aryl methyl sites for hydroxylation is 2. The maximum Gasteiger partial charge on any atom is 0.416 e. The first-order valence-electron chi connectivity index (χ1n) is 9.58. The first-order valence-corrected chi connectivity index (χ1v) is 11.0. The van der Waals surface area contributed by atoms with E-state index in [1.165, 1.54) is 18.2 Å². The molecule has 9 heteroatoms. The summed E-state index contributed by atoms with van der Waals surface area (Å²) in [5.74, 6) is 0.358. The zero-order chi connectivity index (χ0) is 23.5. The quantitative estimate of drug-likeness (QED) is 0.370. The topological polar surface area (TPSA) is 79.2 Å². The van der Waals surface area contributed by atoms with Gasteiger partial charge in [-0.1, -0.05) is 12.1 Å². The van der Waals surface area contributed by atoms with Crippen LogP contribution >= 0.6 is 8.38 Å². The van der Waals surface area contributed by atoms with Crippen molar-refractivity contribution < 1.29 is 37.5 Å². The van der Waals surface area contributed by atoms with Crippen LogP contribution in [0.15, 0.2) is 54.6 Å². The fraction of sp³-hybridized carbons (Fsp3) is 0.217. The number of halogens is 3. The molecule has 0 bridgehead atoms. The number of benzene rings is 3. The van der Waals surface area contributed by atoms with Gasteiger partial charge < -0.3 is 24.4 Å². The van der Waals surface area contributed by atoms with Gasteiger partial charge in [0.2, 0.25) is 8.38 Å². The second-order valence-electron chi connectivity index (χ2n) is 7.29. The van der Waals surface area contributed by atoms with Crippen LogP contribution in [-0.2, 0) is 12.6 Å². The molecule has 0 amide bonds. The van der Waals surface area contributed by atoms with Crippen LogP contribution in [0.25, 0.3) is 0 Å². The van der Waals surface area contributed by atoms with Gasteiger partial charge in [0.1, 0.15) is 11.5 Å². The van der Waals surface area contributed by atoms with E-state index in [4.69, 9.17) is 19.3 Å². The normalized spacial score (nSPS) is 11.6. The number of alkyl halides is 3. The van der Waals surface area contributed by atoms with Gasteiger partial charge in [0, 0.05) is 0 Å². The molecule has 170 valence electrons. The van der Waals surface area contributed by atoms with E-state index in [0.29, 0.717) is 12.2 Å². The van der Waals surface area contributed by atoms with E-state index in [9.17, 15) is 18.3 Å². The second-order valence-corrected chi connectivity index (χ2v) is 8.29. The highest BCUT2D eigenvalue weighted by Gasteiger charge is 2.30. The van der Waals surface area contributed by atoms with Crippen LogP contribution in [0.1, 0.15) is 27.8 Å². The summed E-state index contributed by atoms with van der Waals surface area (Å²) in [6, 6.07) is 12.8. The van der Waals surface area contributed by atoms with Gasteiger partial charge in [-0.25, -0.2) is 0 Å². The van der Waals surface area contributed by atoms with Crippen LogP contribution in [0.2, 0.25) is 0 Å². The molecular formula is C23H22F3O5P. The molecule has 5 nitrogen and oxygen atoms in total. The molecule has 0 aliphatic heterocycles. The van der Waals surface area contributed by atoms with Crippen LogP contribution in [0.4, 0.5) is 13.2 Å². The Morgan fingerprint density at radius 2 is 1.59 bits per heavy atom. The van der Waals surface area contributed by atoms with Gasteiger partial charge in [0.15, 0.2) is 17.8 Å². The zero-order valence-electron chi connectivity index (χ0n) is 17.3. The number of rotatable bonds is 7. The highest BCUT2D eigenvalue weighted by molar-refractivity contribution is 7.44. The Bertz CT molecular complexity index is 1080. The predicted octanol–water partition coefficient (Wildman–Crippen LogP) is 6.04. The lowest BCUT2D eigenvalue weighted by Crippen LogP contribution is -2.04. The third kappa shape index (κ3) is 6.13. The van der Waals surface area contributed by atoms with Gasteiger partial charge in [0.25, 0.3) is 0 Å². The maximum atomic E-state index is 12.9. The molecule has 0 aromatic heterocycles. The Kier molecular flexibility index (Phi) is 7.29. The molecule has 0 unspecified atom stereocenters. The zero-order valence-corrected chi connectivity index (χ0v) is 18.2. The highest BCUT2D eigenvalue weighted by atomic mass is 31.2. The molecule has 3 N–H and O–H groups in total. The van der Waals surface area contributed by atoms with E-state index in [-0.39, 0.29) is 23.6 Å². The lowest BCUT2D eigenvalue weighted by Gasteiger charge is -2.15. The molecule has 0 fully saturated rings. The fourth-order valence-electron chi connectivity index (χ4n) is 3.27. The average Bonchev–Trinajstić information content (AvgIpc) is 2.71. The molecule has 0 radical (unpaired) electrons. The van der Waals surface area contributed by atoms with Gasteiger partial charge in [0.05, 0.1) is 5.56 Å². The summed E-state index contributed by atoms with van der Waals surface area (Å²) >= 11 is 0. The van der Waals surface area contributed by atoms with E-state index in [2.05, 4.69) is 0 Å². The van der Waals surface area contributed by atoms with Crippen LogP contribution in [0, 0.1) is 13.8 Å². The van der Waals surface area contributed by atoms with E-state index < -0.39 is 20.1 Å². The van der Waals surface area contributed by atoms with Crippen molar-refractivity contribution in [3.8, 4) is 23.0 Å². The minimum absolute atomic E-state index is 0.0335. The van der Waals surface area contributed by atoms with E-state index in [1.807, 2.05) is 13.8 Å². The first kappa shape index (κ1) is 23.9. The van der Waals surface area contributed by atoms with Crippen molar-refractivity contribution in [1.29, 1.82) is 0 Å². The molecule has 3 aromatic carbocycles. The van der Waals surface area contributed by atoms with Crippen molar-refractivity contribution >= 4 is 8.38 Å². The minimum Gasteiger partial charge on any atom is -0.504 e. The monoisotopic (exact) mass is 466 g/mol. The number of ether oxygens (including phenoxy) is 2. The third-order valence-electron chi connectivity index (χ3n) is 4.81. The fourth-order valence-corrected chi connectivity index (χ4v) is 3.53. The number of aromatic hydroxyl groups is 1. The van der Waals surface area contributed by atoms with Crippen molar-refractivity contribution in [3.63, 3.8) is 0 Å². The van der Waals surface area contributed by atoms with Crippen LogP contribution in [0.5, 0.6) is 23.0 Å². The molecule has 3 aromatic rings. The first-order chi connectivity index (χ1) is 15.0. The molecule has 32 heavy (non-hydrogen) atoms. The average molecular weight is 466 g/mol. The smallest absolute Gasteiger partial charge is 0.416 e. The number of phenols is 1. The summed E-state index contributed by atoms with van der Waals surface area (Å²) in [6.07, 6.45) is -4.18. The van der Waals surface area contributed by atoms with E-state index in [1.54, 1.807) is 24.3 Å². The molecule has 0 saturated heterocycles. The molecular weight excluding hydrogens is 444 g/mol. The Labute approximate surface area is 184 Å². The van der Waals surface area contributed by atoms with Gasteiger partial charge in [-0.3, -0.25) is 0 Å². The van der Waals surface area contributed by atoms with Gasteiger partial charge in [-0.2, -0.15) is 13.2 Å². The summed E-state index contributed by atoms with van der Waals surface area (Å²) in [4.78, 5) is 18.0. The summed E-state index contributed by atoms with van der Waals surface area (Å²) in [5.41, 5.74) is 2.80. The second kappa shape index (κ2) is 9.77. The van der Waals surface area contributed by atoms with Crippen LogP contribution < -0.4 is 9.47 Å². The van der Waals surface area contributed by atoms with Gasteiger partial charge >= 0.3 is 6.18 Å². The van der Waals surface area contributed by atoms with Gasteiger partial charge in [-0.05, 0) is 85.0 Å². The summed E-state index contributed by atoms with van der Waals surface area (Å²) < 4.78 is 49.7. The van der Waals surface area contributed by atoms with Crippen molar-refractivity contribution in [2.75, 3.05) is 6.35 Å². The summed E-state index contributed by atoms with van der Waals surface area (Å²) in [6.45, 7) is 3.80. The molecule has 0 aliphatic rings. The van der Waals surface area contributed by atoms with Crippen LogP contribution in [0.3, 0.4) is 0 Å². The largest absolute Gasteiger partial charge is 0.504 e. The number of hydrogen-bond acceptors (Lipinski definition) is 5. The van der Waals surface area contributed by atoms with Gasteiger partial charge in [-0.15, -0.1) is 0 Å². The molecule has 0 spiro atoms. The lowest BCUT2D eigenvalue weighted by atomic mass is 9.95. The third-order valence-corrected chi connectivity index (χ3v) is 5.17. The molecule has 0 saturated carbocycles. The highest BCUT2D eigenvalue weighted by Crippen LogP contribution is 2.36. The standard InChI is InChI=1S/C23H22F3O5P/c1-14-8-19(30-13-32(28)29)9-15(2)20(14)10-16-6-7-21(27)22(11-16)31-18-5-3-4-17(12-18)23(24,25)26/h3-9,11-12,27-29H,10,13H2,1-2H3. The minimum atomic E-state index is -4.50. The number of hydrogen-bond donors (Lipinski definition) is 3. The summed E-state index contributed by atoms with van der Waals surface area (Å²) in [7, 11) is -2.15. The van der Waals surface area contributed by atoms with Crippen molar-refractivity contribution in [3.05, 3.63) is 82.4 Å². The lowest BCUT2D eigenvalue weighted by molar-refractivity contribution is -0.137. The predicted molar refractivity (Wildman–Crippen MR) is 115 cm³/mol. The maximum absolute atomic E-state index is 12.9. The summed E-state index contributed by atoms with van der Waals surface area (Å²) in [5, 5.41) is 10.1. The molecule has 0 aliphatic carbocycles. The Balaban J connectivity index is 1.82. The SMILES string of the molecule is Cc1cc(OCP(O)O)cc(C)c1Cc1ccc(O)c(Oc2cccc(C(F)(F)F)c2)c1. The van der Waals surface area contributed by atoms with Crippen molar-refractivity contribution in [2.24, 2.45) is 0 Å². The van der Waals surface area contributed by atoms with E-state index in [0.717, 1.165) is 34.4 Å². The Morgan fingerprint density at radius 1 is 0.906 bits per heavy atom. The number of phenolic OH excluding ortho intramolecular Hbond substituents is 1. The molecule has 3 rings (SSSR count). The van der Waals surface area contributed by atoms with E-state index >= 15 is 0 Å². The Hall–Kier alpha value is -2.80. The Morgan fingerprint density at radius 3 is 2.22 bits per heavy atom. The van der Waals surface area contributed by atoms with Crippen LogP contribution in [-0.4, -0.2) is 21.2 Å². The van der Waals surface area contributed by atoms with Crippen molar-refractivity contribution in [1.82, 2.24) is 0 Å².